The average Bonchev–Trinajstić information content (AvgIpc) is 3.56. The Morgan fingerprint density at radius 3 is 2.29 bits per heavy atom. The first-order chi connectivity index (χ1) is 22.9. The van der Waals surface area contributed by atoms with E-state index >= 15 is 0 Å². The van der Waals surface area contributed by atoms with Gasteiger partial charge in [0, 0.05) is 38.8 Å². The first-order valence-electron chi connectivity index (χ1n) is 15.1. The fraction of sp³-hybridized carbons (Fsp3) is 0.229. The van der Waals surface area contributed by atoms with E-state index in [0.29, 0.717) is 24.4 Å². The number of aromatic nitrogens is 3. The first kappa shape index (κ1) is 33.3. The molecule has 3 aromatic carbocycles. The molecule has 1 N–H and O–H groups in total. The van der Waals surface area contributed by atoms with Crippen LogP contribution >= 0.6 is 22.0 Å². The molecule has 1 aliphatic heterocycles. The second-order valence-electron chi connectivity index (χ2n) is 11.4. The molecule has 0 saturated carbocycles. The van der Waals surface area contributed by atoms with Crippen molar-refractivity contribution in [2.24, 2.45) is 4.99 Å². The van der Waals surface area contributed by atoms with Crippen molar-refractivity contribution in [1.82, 2.24) is 20.1 Å². The van der Waals surface area contributed by atoms with Crippen LogP contribution in [0.5, 0.6) is 0 Å². The van der Waals surface area contributed by atoms with E-state index in [1.54, 1.807) is 35.6 Å². The minimum Gasteiger partial charge on any atom is -0.469 e. The number of carbonyl (C=O) groups excluding carboxylic acids is 2. The Bertz CT molecular complexity index is 2170. The van der Waals surface area contributed by atoms with Gasteiger partial charge in [0.1, 0.15) is 16.9 Å². The van der Waals surface area contributed by atoms with Crippen LogP contribution in [0, 0.1) is 20.8 Å². The lowest BCUT2D eigenvalue weighted by Gasteiger charge is -2.12. The predicted octanol–water partition coefficient (Wildman–Crippen LogP) is 6.28. The highest BCUT2D eigenvalue weighted by molar-refractivity contribution is 8.13. The molecule has 3 heterocycles. The highest BCUT2D eigenvalue weighted by atomic mass is 35.7. The molecule has 6 rings (SSSR count). The summed E-state index contributed by atoms with van der Waals surface area (Å²) in [7, 11) is 2.99. The number of esters is 1. The molecule has 0 fully saturated rings. The Labute approximate surface area is 286 Å². The second-order valence-corrected chi connectivity index (χ2v) is 15.2. The minimum atomic E-state index is -3.82. The van der Waals surface area contributed by atoms with Crippen LogP contribution in [0.25, 0.3) is 16.1 Å². The third kappa shape index (κ3) is 6.69. The van der Waals surface area contributed by atoms with Crippen LogP contribution in [0.4, 0.5) is 0 Å². The van der Waals surface area contributed by atoms with Gasteiger partial charge in [-0.25, -0.2) is 8.42 Å². The number of nitrogens with one attached hydrogen (secondary N) is 1. The van der Waals surface area contributed by atoms with Crippen LogP contribution in [0.3, 0.4) is 0 Å². The summed E-state index contributed by atoms with van der Waals surface area (Å²) in [5, 5.41) is 12.6. The molecular formula is C35H32ClN5O5S2. The summed E-state index contributed by atoms with van der Waals surface area (Å²) in [5.74, 6) is 0.720. The van der Waals surface area contributed by atoms with Crippen LogP contribution in [-0.2, 0) is 25.0 Å². The third-order valence-electron chi connectivity index (χ3n) is 8.35. The molecule has 13 heteroatoms. The highest BCUT2D eigenvalue weighted by Gasteiger charge is 2.32. The fourth-order valence-electron chi connectivity index (χ4n) is 5.68. The van der Waals surface area contributed by atoms with Crippen molar-refractivity contribution in [2.75, 3.05) is 13.7 Å². The van der Waals surface area contributed by atoms with E-state index in [-0.39, 0.29) is 23.2 Å². The number of fused-ring (bicyclic) bond motifs is 3. The van der Waals surface area contributed by atoms with E-state index in [0.717, 1.165) is 54.8 Å². The standard InChI is InChI=1S/C35H32ClN5O5S2/c1-20-21(2)47-35-31(20)32(38-29(19-30(42)46-4)33-40-39-22(3)41(33)35)26-12-8-24(9-13-26)25-10-14-27(15-11-25)34(43)37-17-16-23-6-5-7-28(18-23)48(36,44)45/h5-15,18,29H,16-17,19H2,1-4H3,(H,37,43)/t29-/m0/s1. The van der Waals surface area contributed by atoms with Gasteiger partial charge in [-0.15, -0.1) is 21.5 Å². The number of halogens is 1. The van der Waals surface area contributed by atoms with Gasteiger partial charge in [-0.3, -0.25) is 19.1 Å². The molecule has 2 aromatic heterocycles. The van der Waals surface area contributed by atoms with Crippen molar-refractivity contribution >= 4 is 48.7 Å². The number of aliphatic imine (C=N–C) groups is 1. The normalized spacial score (nSPS) is 14.0. The Hall–Kier alpha value is -4.65. The van der Waals surface area contributed by atoms with Gasteiger partial charge in [0.25, 0.3) is 15.0 Å². The van der Waals surface area contributed by atoms with Gasteiger partial charge < -0.3 is 10.1 Å². The molecule has 0 spiro atoms. The van der Waals surface area contributed by atoms with Gasteiger partial charge in [0.15, 0.2) is 5.82 Å². The largest absolute Gasteiger partial charge is 0.469 e. The summed E-state index contributed by atoms with van der Waals surface area (Å²) in [5.41, 5.74) is 6.95. The lowest BCUT2D eigenvalue weighted by Crippen LogP contribution is -2.25. The van der Waals surface area contributed by atoms with Gasteiger partial charge in [-0.1, -0.05) is 48.5 Å². The van der Waals surface area contributed by atoms with Crippen LogP contribution in [0.2, 0.25) is 0 Å². The second kappa shape index (κ2) is 13.5. The van der Waals surface area contributed by atoms with E-state index in [9.17, 15) is 18.0 Å². The first-order valence-corrected chi connectivity index (χ1v) is 18.3. The van der Waals surface area contributed by atoms with E-state index < -0.39 is 15.1 Å². The molecule has 1 atom stereocenters. The number of benzene rings is 3. The summed E-state index contributed by atoms with van der Waals surface area (Å²) in [6.45, 7) is 6.39. The molecule has 0 saturated heterocycles. The number of aryl methyl sites for hydroxylation is 2. The number of rotatable bonds is 9. The van der Waals surface area contributed by atoms with Crippen LogP contribution in [0.1, 0.15) is 61.6 Å². The number of methoxy groups -OCH3 is 1. The van der Waals surface area contributed by atoms with Gasteiger partial charge in [0.2, 0.25) is 0 Å². The number of carbonyl (C=O) groups is 2. The van der Waals surface area contributed by atoms with E-state index in [1.165, 1.54) is 19.2 Å². The summed E-state index contributed by atoms with van der Waals surface area (Å²) in [6, 6.07) is 21.2. The van der Waals surface area contributed by atoms with Gasteiger partial charge in [0.05, 0.1) is 24.1 Å². The molecule has 246 valence electrons. The molecule has 10 nitrogen and oxygen atoms in total. The van der Waals surface area contributed by atoms with E-state index in [4.69, 9.17) is 20.4 Å². The molecule has 0 aliphatic carbocycles. The molecule has 1 amide bonds. The Kier molecular flexibility index (Phi) is 9.33. The number of nitrogens with zero attached hydrogens (tertiary/aromatic N) is 4. The number of hydrogen-bond acceptors (Lipinski definition) is 9. The predicted molar refractivity (Wildman–Crippen MR) is 186 cm³/mol. The van der Waals surface area contributed by atoms with E-state index in [2.05, 4.69) is 29.4 Å². The lowest BCUT2D eigenvalue weighted by atomic mass is 9.96. The monoisotopic (exact) mass is 701 g/mol. The quantitative estimate of drug-likeness (QED) is 0.141. The lowest BCUT2D eigenvalue weighted by molar-refractivity contribution is -0.141. The maximum atomic E-state index is 12.8. The summed E-state index contributed by atoms with van der Waals surface area (Å²) < 4.78 is 30.2. The van der Waals surface area contributed by atoms with Gasteiger partial charge in [-0.05, 0) is 73.7 Å². The van der Waals surface area contributed by atoms with E-state index in [1.807, 2.05) is 47.9 Å². The fourth-order valence-corrected chi connectivity index (χ4v) is 7.71. The molecule has 1 aliphatic rings. The number of hydrogen-bond donors (Lipinski definition) is 1. The van der Waals surface area contributed by atoms with Crippen molar-refractivity contribution in [1.29, 1.82) is 0 Å². The van der Waals surface area contributed by atoms with Gasteiger partial charge >= 0.3 is 5.97 Å². The summed E-state index contributed by atoms with van der Waals surface area (Å²) in [4.78, 5) is 31.5. The molecule has 48 heavy (non-hydrogen) atoms. The molecular weight excluding hydrogens is 670 g/mol. The maximum Gasteiger partial charge on any atom is 0.308 e. The topological polar surface area (TPSA) is 133 Å². The minimum absolute atomic E-state index is 0.0309. The Balaban J connectivity index is 1.21. The molecule has 0 radical (unpaired) electrons. The zero-order valence-corrected chi connectivity index (χ0v) is 29.0. The summed E-state index contributed by atoms with van der Waals surface area (Å²) in [6.07, 6.45) is 0.491. The van der Waals surface area contributed by atoms with Crippen molar-refractivity contribution in [3.63, 3.8) is 0 Å². The third-order valence-corrected chi connectivity index (χ3v) is 10.9. The van der Waals surface area contributed by atoms with Crippen LogP contribution in [0.15, 0.2) is 82.7 Å². The Morgan fingerprint density at radius 2 is 1.62 bits per heavy atom. The average molecular weight is 702 g/mol. The number of ether oxygens (including phenoxy) is 1. The van der Waals surface area contributed by atoms with Crippen molar-refractivity contribution < 1.29 is 22.7 Å². The number of amides is 1. The Morgan fingerprint density at radius 1 is 0.958 bits per heavy atom. The van der Waals surface area contributed by atoms with Crippen molar-refractivity contribution in [2.45, 2.75) is 44.6 Å². The van der Waals surface area contributed by atoms with Crippen molar-refractivity contribution in [3.05, 3.63) is 117 Å². The molecule has 0 bridgehead atoms. The maximum absolute atomic E-state index is 12.8. The zero-order chi connectivity index (χ0) is 34.2. The number of thiophene rings is 1. The van der Waals surface area contributed by atoms with Crippen LogP contribution in [-0.4, -0.2) is 54.4 Å². The van der Waals surface area contributed by atoms with Crippen molar-refractivity contribution in [3.8, 4) is 16.1 Å². The smallest absolute Gasteiger partial charge is 0.308 e. The SMILES string of the molecule is COC(=O)C[C@@H]1N=C(c2ccc(-c3ccc(C(=O)NCCc4cccc(S(=O)(=O)Cl)c4)cc3)cc2)c2c(sc(C)c2C)-n2c(C)nnc21. The summed E-state index contributed by atoms with van der Waals surface area (Å²) >= 11 is 1.65. The molecule has 5 aromatic rings. The van der Waals surface area contributed by atoms with Gasteiger partial charge in [-0.2, -0.15) is 0 Å². The zero-order valence-electron chi connectivity index (χ0n) is 26.7. The highest BCUT2D eigenvalue weighted by Crippen LogP contribution is 2.39. The molecule has 0 unspecified atom stereocenters. The van der Waals surface area contributed by atoms with Crippen LogP contribution < -0.4 is 5.32 Å².